The highest BCUT2D eigenvalue weighted by atomic mass is 32.2. The number of nitrogens with zero attached hydrogens (tertiary/aromatic N) is 1. The summed E-state index contributed by atoms with van der Waals surface area (Å²) < 4.78 is 5.00. The maximum Gasteiger partial charge on any atom is 0.310 e. The molecule has 1 aromatic carbocycles. The Hall–Kier alpha value is -1.29. The summed E-state index contributed by atoms with van der Waals surface area (Å²) in [5.74, 6) is -0.171. The van der Waals surface area contributed by atoms with Gasteiger partial charge in [0.05, 0.1) is 23.8 Å². The molecule has 0 aromatic heterocycles. The van der Waals surface area contributed by atoms with E-state index in [2.05, 4.69) is 26.2 Å². The maximum atomic E-state index is 11.6. The van der Waals surface area contributed by atoms with Gasteiger partial charge in [-0.25, -0.2) is 4.99 Å². The normalized spacial score (nSPS) is 16.3. The molecule has 0 N–H and O–H groups in total. The molecule has 0 bridgehead atoms. The van der Waals surface area contributed by atoms with Crippen LogP contribution in [-0.4, -0.2) is 23.9 Å². The fourth-order valence-electron chi connectivity index (χ4n) is 2.51. The third kappa shape index (κ3) is 3.23. The van der Waals surface area contributed by atoms with Crippen LogP contribution < -0.4 is 0 Å². The summed E-state index contributed by atoms with van der Waals surface area (Å²) in [7, 11) is 0. The first-order valence-electron chi connectivity index (χ1n) is 6.87. The summed E-state index contributed by atoms with van der Waals surface area (Å²) in [6, 6.07) is 6.07. The molecule has 1 aliphatic heterocycles. The lowest BCUT2D eigenvalue weighted by atomic mass is 9.83. The number of carbonyl (C=O) groups is 1. The van der Waals surface area contributed by atoms with Crippen molar-refractivity contribution < 1.29 is 9.53 Å². The summed E-state index contributed by atoms with van der Waals surface area (Å²) in [6.45, 7) is 6.68. The molecule has 1 aromatic rings. The topological polar surface area (TPSA) is 38.7 Å². The molecular formula is C16H21NO2S. The Morgan fingerprint density at radius 1 is 1.45 bits per heavy atom. The first-order chi connectivity index (χ1) is 9.46. The molecule has 1 heterocycles. The molecule has 0 saturated heterocycles. The van der Waals surface area contributed by atoms with Crippen LogP contribution in [0.1, 0.15) is 31.9 Å². The van der Waals surface area contributed by atoms with Crippen molar-refractivity contribution in [3.63, 3.8) is 0 Å². The average molecular weight is 291 g/mol. The second-order valence-electron chi connectivity index (χ2n) is 5.63. The van der Waals surface area contributed by atoms with Crippen molar-refractivity contribution in [3.05, 3.63) is 29.3 Å². The van der Waals surface area contributed by atoms with Crippen molar-refractivity contribution in [2.75, 3.05) is 12.9 Å². The summed E-state index contributed by atoms with van der Waals surface area (Å²) in [5.41, 5.74) is 3.31. The van der Waals surface area contributed by atoms with E-state index in [0.717, 1.165) is 17.7 Å². The van der Waals surface area contributed by atoms with Gasteiger partial charge >= 0.3 is 5.97 Å². The molecule has 3 nitrogen and oxygen atoms in total. The molecule has 0 radical (unpaired) electrons. The van der Waals surface area contributed by atoms with E-state index in [4.69, 9.17) is 9.73 Å². The number of hydrogen-bond donors (Lipinski definition) is 0. The zero-order chi connectivity index (χ0) is 14.8. The first-order valence-corrected chi connectivity index (χ1v) is 8.09. The minimum atomic E-state index is -0.171. The van der Waals surface area contributed by atoms with Gasteiger partial charge in [0.15, 0.2) is 0 Å². The van der Waals surface area contributed by atoms with Crippen molar-refractivity contribution in [1.29, 1.82) is 0 Å². The fraction of sp³-hybridized carbons (Fsp3) is 0.500. The maximum absolute atomic E-state index is 11.6. The molecule has 20 heavy (non-hydrogen) atoms. The number of thioether (sulfide) groups is 1. The van der Waals surface area contributed by atoms with Gasteiger partial charge in [-0.05, 0) is 36.8 Å². The molecule has 4 heteroatoms. The van der Waals surface area contributed by atoms with Crippen molar-refractivity contribution >= 4 is 28.5 Å². The quantitative estimate of drug-likeness (QED) is 0.796. The number of carbonyl (C=O) groups excluding carboxylic acids is 1. The molecule has 0 amide bonds. The SMILES string of the molecule is CCOC(=O)Cc1ccc2c(c1)CC(C)(C)C(SC)=N2. The van der Waals surface area contributed by atoms with Gasteiger partial charge in [-0.3, -0.25) is 4.79 Å². The second kappa shape index (κ2) is 6.00. The third-order valence-electron chi connectivity index (χ3n) is 3.42. The van der Waals surface area contributed by atoms with Crippen LogP contribution in [0.4, 0.5) is 5.69 Å². The highest BCUT2D eigenvalue weighted by Crippen LogP contribution is 2.39. The molecule has 0 saturated carbocycles. The zero-order valence-corrected chi connectivity index (χ0v) is 13.3. The van der Waals surface area contributed by atoms with E-state index >= 15 is 0 Å². The van der Waals surface area contributed by atoms with Crippen LogP contribution >= 0.6 is 11.8 Å². The Morgan fingerprint density at radius 3 is 2.85 bits per heavy atom. The highest BCUT2D eigenvalue weighted by Gasteiger charge is 2.30. The Kier molecular flexibility index (Phi) is 4.53. The van der Waals surface area contributed by atoms with Gasteiger partial charge in [-0.15, -0.1) is 11.8 Å². The van der Waals surface area contributed by atoms with Crippen LogP contribution in [0.2, 0.25) is 0 Å². The second-order valence-corrected chi connectivity index (χ2v) is 6.42. The number of benzene rings is 1. The van der Waals surface area contributed by atoms with Gasteiger partial charge in [-0.2, -0.15) is 0 Å². The van der Waals surface area contributed by atoms with Crippen molar-refractivity contribution in [2.45, 2.75) is 33.6 Å². The van der Waals surface area contributed by atoms with E-state index in [-0.39, 0.29) is 11.4 Å². The van der Waals surface area contributed by atoms with Crippen LogP contribution in [0.5, 0.6) is 0 Å². The summed E-state index contributed by atoms with van der Waals surface area (Å²) in [4.78, 5) is 16.3. The Balaban J connectivity index is 2.25. The lowest BCUT2D eigenvalue weighted by Crippen LogP contribution is -2.27. The van der Waals surface area contributed by atoms with E-state index in [0.29, 0.717) is 13.0 Å². The molecule has 0 aliphatic carbocycles. The Bertz CT molecular complexity index is 549. The van der Waals surface area contributed by atoms with Crippen LogP contribution in [0.3, 0.4) is 0 Å². The van der Waals surface area contributed by atoms with Crippen LogP contribution in [0.15, 0.2) is 23.2 Å². The van der Waals surface area contributed by atoms with E-state index < -0.39 is 0 Å². The molecule has 0 fully saturated rings. The van der Waals surface area contributed by atoms with Gasteiger partial charge in [0.2, 0.25) is 0 Å². The molecule has 0 spiro atoms. The van der Waals surface area contributed by atoms with E-state index in [1.54, 1.807) is 11.8 Å². The lowest BCUT2D eigenvalue weighted by molar-refractivity contribution is -0.142. The average Bonchev–Trinajstić information content (AvgIpc) is 2.37. The zero-order valence-electron chi connectivity index (χ0n) is 12.5. The summed E-state index contributed by atoms with van der Waals surface area (Å²) in [6.07, 6.45) is 3.36. The van der Waals surface area contributed by atoms with Crippen LogP contribution in [0, 0.1) is 5.41 Å². The first kappa shape index (κ1) is 15.1. The lowest BCUT2D eigenvalue weighted by Gasteiger charge is -2.30. The number of rotatable bonds is 3. The van der Waals surface area contributed by atoms with E-state index in [9.17, 15) is 4.79 Å². The van der Waals surface area contributed by atoms with Gasteiger partial charge in [-0.1, -0.05) is 26.0 Å². The number of hydrogen-bond acceptors (Lipinski definition) is 4. The standard InChI is InChI=1S/C16H21NO2S/c1-5-19-14(18)9-11-6-7-13-12(8-11)10-16(2,3)15(17-13)20-4/h6-8H,5,9-10H2,1-4H3. The van der Waals surface area contributed by atoms with Gasteiger partial charge in [0, 0.05) is 5.41 Å². The Morgan fingerprint density at radius 2 is 2.20 bits per heavy atom. The summed E-state index contributed by atoms with van der Waals surface area (Å²) in [5, 5.41) is 1.17. The smallest absolute Gasteiger partial charge is 0.310 e. The van der Waals surface area contributed by atoms with E-state index in [1.807, 2.05) is 19.1 Å². The van der Waals surface area contributed by atoms with Gasteiger partial charge < -0.3 is 4.74 Å². The number of ether oxygens (including phenoxy) is 1. The molecule has 0 atom stereocenters. The Labute approximate surface area is 124 Å². The molecule has 2 rings (SSSR count). The minimum absolute atomic E-state index is 0.0645. The van der Waals surface area contributed by atoms with Crippen LogP contribution in [0.25, 0.3) is 0 Å². The highest BCUT2D eigenvalue weighted by molar-refractivity contribution is 8.13. The van der Waals surface area contributed by atoms with Gasteiger partial charge in [0.25, 0.3) is 0 Å². The number of esters is 1. The monoisotopic (exact) mass is 291 g/mol. The number of aliphatic imine (C=N–C) groups is 1. The fourth-order valence-corrected chi connectivity index (χ4v) is 3.33. The van der Waals surface area contributed by atoms with Crippen molar-refractivity contribution in [3.8, 4) is 0 Å². The molecular weight excluding hydrogens is 270 g/mol. The summed E-state index contributed by atoms with van der Waals surface area (Å²) >= 11 is 1.71. The molecule has 0 unspecified atom stereocenters. The molecule has 1 aliphatic rings. The molecule has 108 valence electrons. The predicted molar refractivity (Wildman–Crippen MR) is 84.9 cm³/mol. The minimum Gasteiger partial charge on any atom is -0.466 e. The van der Waals surface area contributed by atoms with Crippen molar-refractivity contribution in [2.24, 2.45) is 10.4 Å². The predicted octanol–water partition coefficient (Wildman–Crippen LogP) is 3.77. The third-order valence-corrected chi connectivity index (χ3v) is 4.45. The van der Waals surface area contributed by atoms with Crippen molar-refractivity contribution in [1.82, 2.24) is 0 Å². The van der Waals surface area contributed by atoms with Gasteiger partial charge in [0.1, 0.15) is 0 Å². The van der Waals surface area contributed by atoms with E-state index in [1.165, 1.54) is 10.6 Å². The number of fused-ring (bicyclic) bond motifs is 1. The van der Waals surface area contributed by atoms with Crippen LogP contribution in [-0.2, 0) is 22.4 Å². The largest absolute Gasteiger partial charge is 0.466 e.